The standard InChI is InChI=1S/C13H15N7O2S2/c21-24(22,13-2-1-9-23-13)16-10-5-7-19(8-6-10)12-4-3-11-14-17-18-20(11)15-12/h1-4,9-10,16H,5-8H2. The van der Waals surface area contributed by atoms with Gasteiger partial charge in [-0.3, -0.25) is 0 Å². The van der Waals surface area contributed by atoms with Crippen molar-refractivity contribution in [2.24, 2.45) is 0 Å². The number of thiophene rings is 1. The van der Waals surface area contributed by atoms with Crippen LogP contribution in [-0.2, 0) is 10.0 Å². The first-order chi connectivity index (χ1) is 11.6. The molecule has 1 aliphatic rings. The van der Waals surface area contributed by atoms with Crippen LogP contribution in [0.25, 0.3) is 5.65 Å². The maximum atomic E-state index is 12.3. The zero-order valence-electron chi connectivity index (χ0n) is 12.6. The molecule has 3 aromatic heterocycles. The van der Waals surface area contributed by atoms with Gasteiger partial charge in [-0.15, -0.1) is 26.2 Å². The first kappa shape index (κ1) is 15.4. The Bertz CT molecular complexity index is 930. The molecular weight excluding hydrogens is 350 g/mol. The van der Waals surface area contributed by atoms with Gasteiger partial charge in [0.15, 0.2) is 11.5 Å². The molecule has 1 aliphatic heterocycles. The molecule has 0 saturated carbocycles. The fourth-order valence-electron chi connectivity index (χ4n) is 2.73. The molecule has 0 aliphatic carbocycles. The number of piperidine rings is 1. The van der Waals surface area contributed by atoms with Gasteiger partial charge < -0.3 is 4.90 Å². The van der Waals surface area contributed by atoms with Crippen molar-refractivity contribution in [3.63, 3.8) is 0 Å². The molecule has 4 heterocycles. The molecule has 0 amide bonds. The molecule has 4 rings (SSSR count). The Morgan fingerprint density at radius 1 is 1.21 bits per heavy atom. The van der Waals surface area contributed by atoms with E-state index in [9.17, 15) is 8.42 Å². The van der Waals surface area contributed by atoms with Crippen LogP contribution in [0.2, 0.25) is 0 Å². The lowest BCUT2D eigenvalue weighted by molar-refractivity contribution is 0.457. The molecule has 24 heavy (non-hydrogen) atoms. The van der Waals surface area contributed by atoms with Crippen LogP contribution in [0.4, 0.5) is 5.82 Å². The topological polar surface area (TPSA) is 105 Å². The Kier molecular flexibility index (Phi) is 3.90. The van der Waals surface area contributed by atoms with Gasteiger partial charge in [-0.25, -0.2) is 13.1 Å². The van der Waals surface area contributed by atoms with E-state index in [1.165, 1.54) is 16.0 Å². The van der Waals surface area contributed by atoms with Gasteiger partial charge >= 0.3 is 0 Å². The first-order valence-electron chi connectivity index (χ1n) is 7.48. The number of hydrogen-bond acceptors (Lipinski definition) is 8. The Labute approximate surface area is 142 Å². The van der Waals surface area contributed by atoms with Gasteiger partial charge in [0.1, 0.15) is 4.21 Å². The molecule has 3 aromatic rings. The third kappa shape index (κ3) is 2.97. The normalized spacial score (nSPS) is 16.8. The summed E-state index contributed by atoms with van der Waals surface area (Å²) in [7, 11) is -3.42. The molecule has 0 bridgehead atoms. The summed E-state index contributed by atoms with van der Waals surface area (Å²) in [5, 5.41) is 17.3. The molecule has 11 heteroatoms. The van der Waals surface area contributed by atoms with Crippen molar-refractivity contribution in [3.8, 4) is 0 Å². The summed E-state index contributed by atoms with van der Waals surface area (Å²) in [5.41, 5.74) is 0.595. The maximum Gasteiger partial charge on any atom is 0.250 e. The fraction of sp³-hybridized carbons (Fsp3) is 0.385. The van der Waals surface area contributed by atoms with Crippen LogP contribution >= 0.6 is 11.3 Å². The number of fused-ring (bicyclic) bond motifs is 1. The molecule has 1 N–H and O–H groups in total. The minimum absolute atomic E-state index is 0.0647. The van der Waals surface area contributed by atoms with Gasteiger partial charge in [0.05, 0.1) is 0 Å². The van der Waals surface area contributed by atoms with Crippen molar-refractivity contribution < 1.29 is 8.42 Å². The summed E-state index contributed by atoms with van der Waals surface area (Å²) in [6, 6.07) is 6.98. The molecule has 0 radical (unpaired) electrons. The molecule has 1 saturated heterocycles. The van der Waals surface area contributed by atoms with Crippen molar-refractivity contribution >= 4 is 32.8 Å². The van der Waals surface area contributed by atoms with Gasteiger partial charge in [-0.2, -0.15) is 0 Å². The van der Waals surface area contributed by atoms with Gasteiger partial charge in [-0.1, -0.05) is 6.07 Å². The van der Waals surface area contributed by atoms with Gasteiger partial charge in [0, 0.05) is 19.1 Å². The van der Waals surface area contributed by atoms with E-state index >= 15 is 0 Å². The van der Waals surface area contributed by atoms with Crippen molar-refractivity contribution in [2.75, 3.05) is 18.0 Å². The fourth-order valence-corrected chi connectivity index (χ4v) is 5.04. The maximum absolute atomic E-state index is 12.3. The summed E-state index contributed by atoms with van der Waals surface area (Å²) in [4.78, 5) is 2.11. The molecule has 0 aromatic carbocycles. The van der Waals surface area contributed by atoms with Crippen LogP contribution < -0.4 is 9.62 Å². The average Bonchev–Trinajstić information content (AvgIpc) is 3.26. The molecule has 0 unspecified atom stereocenters. The Morgan fingerprint density at radius 3 is 2.79 bits per heavy atom. The number of tetrazole rings is 1. The minimum Gasteiger partial charge on any atom is -0.355 e. The van der Waals surface area contributed by atoms with Crippen molar-refractivity contribution in [3.05, 3.63) is 29.6 Å². The van der Waals surface area contributed by atoms with Crippen LogP contribution in [0.1, 0.15) is 12.8 Å². The first-order valence-corrected chi connectivity index (χ1v) is 9.84. The largest absolute Gasteiger partial charge is 0.355 e. The zero-order valence-corrected chi connectivity index (χ0v) is 14.2. The highest BCUT2D eigenvalue weighted by Crippen LogP contribution is 2.21. The van der Waals surface area contributed by atoms with Crippen LogP contribution in [-0.4, -0.2) is 52.8 Å². The third-order valence-electron chi connectivity index (χ3n) is 3.96. The quantitative estimate of drug-likeness (QED) is 0.719. The number of hydrogen-bond donors (Lipinski definition) is 1. The van der Waals surface area contributed by atoms with E-state index in [0.29, 0.717) is 9.86 Å². The molecule has 1 fully saturated rings. The van der Waals surface area contributed by atoms with Crippen molar-refractivity contribution in [1.29, 1.82) is 0 Å². The molecular formula is C13H15N7O2S2. The molecule has 0 spiro atoms. The number of nitrogens with one attached hydrogen (secondary N) is 1. The predicted molar refractivity (Wildman–Crippen MR) is 88.5 cm³/mol. The van der Waals surface area contributed by atoms with Crippen molar-refractivity contribution in [2.45, 2.75) is 23.1 Å². The SMILES string of the molecule is O=S(=O)(NC1CCN(c2ccc3nnnn3n2)CC1)c1cccs1. The van der Waals surface area contributed by atoms with E-state index in [4.69, 9.17) is 0 Å². The van der Waals surface area contributed by atoms with E-state index in [1.807, 2.05) is 12.1 Å². The Morgan fingerprint density at radius 2 is 2.04 bits per heavy atom. The monoisotopic (exact) mass is 365 g/mol. The second-order valence-electron chi connectivity index (χ2n) is 5.53. The second-order valence-corrected chi connectivity index (χ2v) is 8.42. The number of rotatable bonds is 4. The highest BCUT2D eigenvalue weighted by Gasteiger charge is 2.25. The van der Waals surface area contributed by atoms with Crippen LogP contribution in [0.3, 0.4) is 0 Å². The van der Waals surface area contributed by atoms with Crippen molar-refractivity contribution in [1.82, 2.24) is 30.0 Å². The average molecular weight is 365 g/mol. The zero-order chi connectivity index (χ0) is 16.6. The number of aromatic nitrogens is 5. The van der Waals surface area contributed by atoms with E-state index in [0.717, 1.165) is 31.7 Å². The summed E-state index contributed by atoms with van der Waals surface area (Å²) < 4.78 is 29.1. The lowest BCUT2D eigenvalue weighted by atomic mass is 10.1. The predicted octanol–water partition coefficient (Wildman–Crippen LogP) is 0.528. The minimum atomic E-state index is -3.42. The summed E-state index contributed by atoms with van der Waals surface area (Å²) >= 11 is 1.23. The highest BCUT2D eigenvalue weighted by molar-refractivity contribution is 7.91. The van der Waals surface area contributed by atoms with E-state index < -0.39 is 10.0 Å². The van der Waals surface area contributed by atoms with Gasteiger partial charge in [0.2, 0.25) is 10.0 Å². The smallest absolute Gasteiger partial charge is 0.250 e. The summed E-state index contributed by atoms with van der Waals surface area (Å²) in [5.74, 6) is 0.786. The Hall–Kier alpha value is -2.11. The van der Waals surface area contributed by atoms with Crippen LogP contribution in [0, 0.1) is 0 Å². The van der Waals surface area contributed by atoms with E-state index in [1.54, 1.807) is 17.5 Å². The third-order valence-corrected chi connectivity index (χ3v) is 6.87. The number of nitrogens with zero attached hydrogens (tertiary/aromatic N) is 6. The highest BCUT2D eigenvalue weighted by atomic mass is 32.2. The number of sulfonamides is 1. The van der Waals surface area contributed by atoms with Crippen LogP contribution in [0.15, 0.2) is 33.9 Å². The molecule has 0 atom stereocenters. The van der Waals surface area contributed by atoms with Crippen LogP contribution in [0.5, 0.6) is 0 Å². The molecule has 9 nitrogen and oxygen atoms in total. The number of anilines is 1. The van der Waals surface area contributed by atoms with Gasteiger partial charge in [0.25, 0.3) is 0 Å². The van der Waals surface area contributed by atoms with E-state index in [-0.39, 0.29) is 6.04 Å². The van der Waals surface area contributed by atoms with Gasteiger partial charge in [-0.05, 0) is 46.8 Å². The lowest BCUT2D eigenvalue weighted by Crippen LogP contribution is -2.44. The lowest BCUT2D eigenvalue weighted by Gasteiger charge is -2.32. The summed E-state index contributed by atoms with van der Waals surface area (Å²) in [6.45, 7) is 1.44. The molecule has 126 valence electrons. The summed E-state index contributed by atoms with van der Waals surface area (Å²) in [6.07, 6.45) is 1.44. The second kappa shape index (κ2) is 6.07. The Balaban J connectivity index is 1.41. The van der Waals surface area contributed by atoms with E-state index in [2.05, 4.69) is 30.2 Å².